The number of thiazole rings is 1. The van der Waals surface area contributed by atoms with Crippen LogP contribution in [0, 0.1) is 0 Å². The summed E-state index contributed by atoms with van der Waals surface area (Å²) in [5, 5.41) is 13.9. The molecule has 0 aliphatic carbocycles. The van der Waals surface area contributed by atoms with E-state index < -0.39 is 26.6 Å². The minimum absolute atomic E-state index is 0.0467. The van der Waals surface area contributed by atoms with Gasteiger partial charge in [0.1, 0.15) is 5.56 Å². The highest BCUT2D eigenvalue weighted by Crippen LogP contribution is 2.13. The van der Waals surface area contributed by atoms with Crippen LogP contribution >= 0.6 is 11.3 Å². The quantitative estimate of drug-likeness (QED) is 0.713. The highest BCUT2D eigenvalue weighted by atomic mass is 32.2. The Kier molecular flexibility index (Phi) is 3.41. The van der Waals surface area contributed by atoms with Crippen molar-refractivity contribution >= 4 is 27.3 Å². The highest BCUT2D eigenvalue weighted by Gasteiger charge is 2.24. The van der Waals surface area contributed by atoms with Crippen LogP contribution in [-0.4, -0.2) is 34.7 Å². The first-order chi connectivity index (χ1) is 8.50. The number of H-pyrrole nitrogens is 1. The maximum atomic E-state index is 11.9. The van der Waals surface area contributed by atoms with E-state index in [1.807, 2.05) is 0 Å². The van der Waals surface area contributed by atoms with Gasteiger partial charge < -0.3 is 5.11 Å². The summed E-state index contributed by atoms with van der Waals surface area (Å²) in [7, 11) is -3.94. The Bertz CT molecular complexity index is 646. The molecule has 18 heavy (non-hydrogen) atoms. The first-order valence-electron chi connectivity index (χ1n) is 4.64. The van der Waals surface area contributed by atoms with Gasteiger partial charge in [-0.2, -0.15) is 5.10 Å². The molecule has 2 rings (SSSR count). The predicted octanol–water partition coefficient (Wildman–Crippen LogP) is 0.0429. The zero-order valence-electron chi connectivity index (χ0n) is 8.82. The van der Waals surface area contributed by atoms with Crippen LogP contribution in [0.1, 0.15) is 15.2 Å². The van der Waals surface area contributed by atoms with E-state index in [4.69, 9.17) is 5.11 Å². The van der Waals surface area contributed by atoms with E-state index in [1.165, 1.54) is 17.5 Å². The smallest absolute Gasteiger partial charge is 0.340 e. The zero-order valence-corrected chi connectivity index (χ0v) is 10.5. The number of hydrogen-bond donors (Lipinski definition) is 3. The molecule has 3 N–H and O–H groups in total. The Morgan fingerprint density at radius 2 is 2.28 bits per heavy atom. The van der Waals surface area contributed by atoms with Crippen LogP contribution in [0.4, 0.5) is 0 Å². The number of nitrogens with one attached hydrogen (secondary N) is 2. The fourth-order valence-electron chi connectivity index (χ4n) is 1.20. The first kappa shape index (κ1) is 12.7. The van der Waals surface area contributed by atoms with Gasteiger partial charge in [0.25, 0.3) is 10.0 Å². The molecule has 0 saturated carbocycles. The minimum atomic E-state index is -3.94. The van der Waals surface area contributed by atoms with Crippen LogP contribution in [0.15, 0.2) is 22.9 Å². The first-order valence-corrected chi connectivity index (χ1v) is 7.00. The van der Waals surface area contributed by atoms with E-state index in [9.17, 15) is 13.2 Å². The van der Waals surface area contributed by atoms with E-state index >= 15 is 0 Å². The molecular weight excluding hydrogens is 280 g/mol. The monoisotopic (exact) mass is 288 g/mol. The summed E-state index contributed by atoms with van der Waals surface area (Å²) in [6.45, 7) is 0.0467. The molecule has 0 fully saturated rings. The van der Waals surface area contributed by atoms with Crippen molar-refractivity contribution in [3.63, 3.8) is 0 Å². The SMILES string of the molecule is O=C(O)c1cn[nH]c1S(=O)(=O)NCc1cncs1. The molecule has 0 radical (unpaired) electrons. The minimum Gasteiger partial charge on any atom is -0.478 e. The molecule has 0 amide bonds. The van der Waals surface area contributed by atoms with Gasteiger partial charge in [0.05, 0.1) is 11.7 Å². The third-order valence-corrected chi connectivity index (χ3v) is 4.18. The van der Waals surface area contributed by atoms with Crippen LogP contribution in [0.25, 0.3) is 0 Å². The molecule has 0 aromatic carbocycles. The number of carboxylic acids is 1. The second-order valence-corrected chi connectivity index (χ2v) is 5.88. The summed E-state index contributed by atoms with van der Waals surface area (Å²) in [4.78, 5) is 15.3. The van der Waals surface area contributed by atoms with Crippen LogP contribution in [-0.2, 0) is 16.6 Å². The fourth-order valence-corrected chi connectivity index (χ4v) is 2.92. The lowest BCUT2D eigenvalue weighted by Gasteiger charge is -2.03. The highest BCUT2D eigenvalue weighted by molar-refractivity contribution is 7.89. The number of aromatic amines is 1. The van der Waals surface area contributed by atoms with Crippen molar-refractivity contribution in [2.45, 2.75) is 11.6 Å². The Morgan fingerprint density at radius 1 is 1.50 bits per heavy atom. The largest absolute Gasteiger partial charge is 0.478 e. The molecule has 0 aliphatic heterocycles. The van der Waals surface area contributed by atoms with Crippen LogP contribution in [0.2, 0.25) is 0 Å². The third kappa shape index (κ3) is 2.55. The van der Waals surface area contributed by atoms with Crippen molar-refractivity contribution < 1.29 is 18.3 Å². The topological polar surface area (TPSA) is 125 Å². The summed E-state index contributed by atoms with van der Waals surface area (Å²) in [5.41, 5.74) is 1.18. The lowest BCUT2D eigenvalue weighted by molar-refractivity contribution is 0.0692. The molecule has 2 aromatic rings. The second-order valence-electron chi connectivity index (χ2n) is 3.21. The zero-order chi connectivity index (χ0) is 13.2. The summed E-state index contributed by atoms with van der Waals surface area (Å²) in [6, 6.07) is 0. The van der Waals surface area contributed by atoms with Crippen molar-refractivity contribution in [3.8, 4) is 0 Å². The average molecular weight is 288 g/mol. The molecule has 8 nitrogen and oxygen atoms in total. The van der Waals surface area contributed by atoms with E-state index in [1.54, 1.807) is 5.51 Å². The van der Waals surface area contributed by atoms with Crippen molar-refractivity contribution in [2.75, 3.05) is 0 Å². The second kappa shape index (κ2) is 4.84. The Hall–Kier alpha value is -1.78. The van der Waals surface area contributed by atoms with Gasteiger partial charge in [-0.15, -0.1) is 11.3 Å². The third-order valence-electron chi connectivity index (χ3n) is 2.02. The van der Waals surface area contributed by atoms with Crippen molar-refractivity contribution in [1.82, 2.24) is 19.9 Å². The Labute approximate surface area is 106 Å². The fraction of sp³-hybridized carbons (Fsp3) is 0.125. The number of carboxylic acid groups (broad SMARTS) is 1. The van der Waals surface area contributed by atoms with Gasteiger partial charge in [0, 0.05) is 17.6 Å². The predicted molar refractivity (Wildman–Crippen MR) is 61.7 cm³/mol. The molecule has 0 bridgehead atoms. The standard InChI is InChI=1S/C8H8N4O4S2/c13-8(14)6-3-10-12-7(6)18(15,16)11-2-5-1-9-4-17-5/h1,3-4,11H,2H2,(H,10,12)(H,13,14). The van der Waals surface area contributed by atoms with E-state index in [0.29, 0.717) is 0 Å². The number of aromatic carboxylic acids is 1. The average Bonchev–Trinajstić information content (AvgIpc) is 2.98. The van der Waals surface area contributed by atoms with Gasteiger partial charge in [-0.3, -0.25) is 10.1 Å². The van der Waals surface area contributed by atoms with E-state index in [0.717, 1.165) is 11.1 Å². The molecule has 10 heteroatoms. The number of aromatic nitrogens is 3. The lowest BCUT2D eigenvalue weighted by Crippen LogP contribution is -2.24. The van der Waals surface area contributed by atoms with Crippen LogP contribution < -0.4 is 4.72 Å². The molecule has 0 aliphatic rings. The number of rotatable bonds is 5. The molecule has 2 aromatic heterocycles. The molecule has 0 spiro atoms. The van der Waals surface area contributed by atoms with Gasteiger partial charge in [0.15, 0.2) is 5.03 Å². The van der Waals surface area contributed by atoms with Gasteiger partial charge >= 0.3 is 5.97 Å². The maximum Gasteiger partial charge on any atom is 0.340 e. The molecule has 0 saturated heterocycles. The molecule has 2 heterocycles. The van der Waals surface area contributed by atoms with E-state index in [-0.39, 0.29) is 6.54 Å². The van der Waals surface area contributed by atoms with Gasteiger partial charge in [-0.25, -0.2) is 17.9 Å². The molecular formula is C8H8N4O4S2. The molecule has 0 unspecified atom stereocenters. The molecule has 96 valence electrons. The normalized spacial score (nSPS) is 11.6. The van der Waals surface area contributed by atoms with Crippen molar-refractivity contribution in [2.24, 2.45) is 0 Å². The summed E-state index contributed by atoms with van der Waals surface area (Å²) in [6.07, 6.45) is 2.47. The summed E-state index contributed by atoms with van der Waals surface area (Å²) < 4.78 is 26.0. The van der Waals surface area contributed by atoms with Gasteiger partial charge in [-0.05, 0) is 0 Å². The van der Waals surface area contributed by atoms with Crippen LogP contribution in [0.3, 0.4) is 0 Å². The lowest BCUT2D eigenvalue weighted by atomic mass is 10.4. The molecule has 0 atom stereocenters. The number of carbonyl (C=O) groups is 1. The summed E-state index contributed by atoms with van der Waals surface area (Å²) in [5.74, 6) is -1.36. The van der Waals surface area contributed by atoms with Gasteiger partial charge in [0.2, 0.25) is 0 Å². The van der Waals surface area contributed by atoms with Crippen LogP contribution in [0.5, 0.6) is 0 Å². The number of hydrogen-bond acceptors (Lipinski definition) is 6. The van der Waals surface area contributed by atoms with Gasteiger partial charge in [-0.1, -0.05) is 0 Å². The number of sulfonamides is 1. The van der Waals surface area contributed by atoms with Crippen molar-refractivity contribution in [3.05, 3.63) is 28.3 Å². The number of nitrogens with zero attached hydrogens (tertiary/aromatic N) is 2. The maximum absolute atomic E-state index is 11.9. The summed E-state index contributed by atoms with van der Waals surface area (Å²) >= 11 is 1.29. The Morgan fingerprint density at radius 3 is 2.89 bits per heavy atom. The Balaban J connectivity index is 2.20. The van der Waals surface area contributed by atoms with E-state index in [2.05, 4.69) is 19.9 Å². The van der Waals surface area contributed by atoms with Crippen molar-refractivity contribution in [1.29, 1.82) is 0 Å².